The monoisotopic (exact) mass is 185 g/mol. The molecule has 0 amide bonds. The molecule has 3 nitrogen and oxygen atoms in total. The number of nitrogens with one attached hydrogen (secondary N) is 1. The molecule has 0 bridgehead atoms. The van der Waals surface area contributed by atoms with E-state index in [0.717, 1.165) is 12.8 Å². The molecule has 0 saturated carbocycles. The van der Waals surface area contributed by atoms with Gasteiger partial charge in [-0.25, -0.2) is 0 Å². The lowest BCUT2D eigenvalue weighted by atomic mass is 9.84. The molecule has 76 valence electrons. The molecule has 0 spiro atoms. The van der Waals surface area contributed by atoms with Crippen molar-refractivity contribution in [3.05, 3.63) is 0 Å². The van der Waals surface area contributed by atoms with Crippen LogP contribution >= 0.6 is 0 Å². The molecule has 0 aromatic carbocycles. The van der Waals surface area contributed by atoms with Crippen LogP contribution in [0.5, 0.6) is 0 Å². The zero-order valence-corrected chi connectivity index (χ0v) is 8.58. The highest BCUT2D eigenvalue weighted by Crippen LogP contribution is 2.23. The van der Waals surface area contributed by atoms with Gasteiger partial charge in [-0.1, -0.05) is 13.8 Å². The van der Waals surface area contributed by atoms with Crippen LogP contribution in [-0.4, -0.2) is 23.2 Å². The van der Waals surface area contributed by atoms with Crippen molar-refractivity contribution >= 4 is 5.97 Å². The number of hydrogen-bond donors (Lipinski definition) is 2. The van der Waals surface area contributed by atoms with E-state index in [1.807, 2.05) is 6.92 Å². The molecule has 1 aliphatic heterocycles. The fraction of sp³-hybridized carbons (Fsp3) is 0.900. The highest BCUT2D eigenvalue weighted by atomic mass is 16.4. The van der Waals surface area contributed by atoms with Gasteiger partial charge in [0, 0.05) is 12.1 Å². The molecule has 1 fully saturated rings. The molecule has 0 unspecified atom stereocenters. The van der Waals surface area contributed by atoms with E-state index in [-0.39, 0.29) is 12.0 Å². The van der Waals surface area contributed by atoms with Gasteiger partial charge in [0.15, 0.2) is 0 Å². The Labute approximate surface area is 79.5 Å². The largest absolute Gasteiger partial charge is 0.481 e. The molecule has 0 aromatic rings. The smallest absolute Gasteiger partial charge is 0.308 e. The number of carboxylic acid groups (broad SMARTS) is 1. The zero-order valence-electron chi connectivity index (χ0n) is 8.58. The number of rotatable bonds is 2. The molecule has 1 heterocycles. The summed E-state index contributed by atoms with van der Waals surface area (Å²) in [5.74, 6) is -0.269. The maximum absolute atomic E-state index is 10.8. The molecule has 1 saturated heterocycles. The van der Waals surface area contributed by atoms with Crippen LogP contribution in [0.15, 0.2) is 0 Å². The number of hydrogen-bond acceptors (Lipinski definition) is 2. The molecule has 3 atom stereocenters. The van der Waals surface area contributed by atoms with Gasteiger partial charge in [-0.15, -0.1) is 0 Å². The molecule has 13 heavy (non-hydrogen) atoms. The zero-order chi connectivity index (χ0) is 10.0. The fourth-order valence-corrected chi connectivity index (χ4v) is 2.01. The van der Waals surface area contributed by atoms with E-state index in [1.165, 1.54) is 0 Å². The summed E-state index contributed by atoms with van der Waals surface area (Å²) in [6, 6.07) is 0.601. The lowest BCUT2D eigenvalue weighted by molar-refractivity contribution is -0.143. The van der Waals surface area contributed by atoms with Crippen LogP contribution in [0.4, 0.5) is 0 Å². The summed E-state index contributed by atoms with van der Waals surface area (Å²) in [5.41, 5.74) is 0. The van der Waals surface area contributed by atoms with Gasteiger partial charge < -0.3 is 10.4 Å². The van der Waals surface area contributed by atoms with E-state index in [0.29, 0.717) is 12.0 Å². The van der Waals surface area contributed by atoms with Crippen molar-refractivity contribution in [2.45, 2.75) is 45.7 Å². The van der Waals surface area contributed by atoms with Crippen molar-refractivity contribution in [1.82, 2.24) is 5.32 Å². The first-order chi connectivity index (χ1) is 6.02. The van der Waals surface area contributed by atoms with E-state index < -0.39 is 5.97 Å². The summed E-state index contributed by atoms with van der Waals surface area (Å²) in [7, 11) is 0. The minimum absolute atomic E-state index is 0.110. The van der Waals surface area contributed by atoms with Crippen molar-refractivity contribution < 1.29 is 9.90 Å². The normalized spacial score (nSPS) is 34.9. The van der Waals surface area contributed by atoms with Gasteiger partial charge in [-0.2, -0.15) is 0 Å². The van der Waals surface area contributed by atoms with Gasteiger partial charge in [-0.3, -0.25) is 4.79 Å². The highest BCUT2D eigenvalue weighted by Gasteiger charge is 2.32. The first-order valence-electron chi connectivity index (χ1n) is 5.01. The summed E-state index contributed by atoms with van der Waals surface area (Å²) in [6.07, 6.45) is 1.80. The van der Waals surface area contributed by atoms with E-state index in [1.54, 1.807) is 0 Å². The number of carbonyl (C=O) groups is 1. The third-order valence-corrected chi connectivity index (χ3v) is 2.99. The minimum Gasteiger partial charge on any atom is -0.481 e. The van der Waals surface area contributed by atoms with Gasteiger partial charge in [0.2, 0.25) is 0 Å². The second-order valence-corrected chi connectivity index (χ2v) is 4.33. The lowest BCUT2D eigenvalue weighted by Gasteiger charge is -2.35. The Bertz CT molecular complexity index is 191. The molecule has 0 aliphatic carbocycles. The predicted molar refractivity (Wildman–Crippen MR) is 51.6 cm³/mol. The van der Waals surface area contributed by atoms with Crippen molar-refractivity contribution in [2.75, 3.05) is 0 Å². The number of aliphatic carboxylic acids is 1. The molecule has 3 heteroatoms. The summed E-state index contributed by atoms with van der Waals surface area (Å²) in [6.45, 7) is 6.31. The Morgan fingerprint density at radius 2 is 2.08 bits per heavy atom. The minimum atomic E-state index is -0.665. The Morgan fingerprint density at radius 1 is 1.46 bits per heavy atom. The second-order valence-electron chi connectivity index (χ2n) is 4.33. The topological polar surface area (TPSA) is 49.3 Å². The summed E-state index contributed by atoms with van der Waals surface area (Å²) in [4.78, 5) is 10.8. The molecule has 2 N–H and O–H groups in total. The van der Waals surface area contributed by atoms with Crippen molar-refractivity contribution in [3.63, 3.8) is 0 Å². The van der Waals surface area contributed by atoms with Crippen LogP contribution in [0.25, 0.3) is 0 Å². The van der Waals surface area contributed by atoms with E-state index in [9.17, 15) is 4.79 Å². The lowest BCUT2D eigenvalue weighted by Crippen LogP contribution is -2.50. The number of carboxylic acids is 1. The van der Waals surface area contributed by atoms with Crippen LogP contribution in [0.1, 0.15) is 33.6 Å². The number of piperidine rings is 1. The van der Waals surface area contributed by atoms with E-state index in [2.05, 4.69) is 19.2 Å². The van der Waals surface area contributed by atoms with Crippen LogP contribution in [0, 0.1) is 11.8 Å². The van der Waals surface area contributed by atoms with Crippen LogP contribution in [0.2, 0.25) is 0 Å². The van der Waals surface area contributed by atoms with Gasteiger partial charge in [0.05, 0.1) is 5.92 Å². The third kappa shape index (κ3) is 2.44. The molecule has 1 rings (SSSR count). The Balaban J connectivity index is 2.51. The summed E-state index contributed by atoms with van der Waals surface area (Å²) < 4.78 is 0. The van der Waals surface area contributed by atoms with Gasteiger partial charge >= 0.3 is 5.97 Å². The molecule has 1 aliphatic rings. The maximum atomic E-state index is 10.8. The van der Waals surface area contributed by atoms with Crippen LogP contribution < -0.4 is 5.32 Å². The van der Waals surface area contributed by atoms with E-state index >= 15 is 0 Å². The van der Waals surface area contributed by atoms with Crippen molar-refractivity contribution in [3.8, 4) is 0 Å². The first kappa shape index (κ1) is 10.5. The molecular formula is C10H19NO2. The quantitative estimate of drug-likeness (QED) is 0.685. The van der Waals surface area contributed by atoms with Crippen LogP contribution in [0.3, 0.4) is 0 Å². The van der Waals surface area contributed by atoms with Gasteiger partial charge in [0.1, 0.15) is 0 Å². The average Bonchev–Trinajstić information content (AvgIpc) is 2.03. The summed E-state index contributed by atoms with van der Waals surface area (Å²) in [5, 5.41) is 12.3. The predicted octanol–water partition coefficient (Wildman–Crippen LogP) is 1.48. The Morgan fingerprint density at radius 3 is 2.46 bits per heavy atom. The Kier molecular flexibility index (Phi) is 3.31. The summed E-state index contributed by atoms with van der Waals surface area (Å²) >= 11 is 0. The Hall–Kier alpha value is -0.570. The molecule has 0 aromatic heterocycles. The van der Waals surface area contributed by atoms with Crippen LogP contribution in [-0.2, 0) is 4.79 Å². The maximum Gasteiger partial charge on any atom is 0.308 e. The molecule has 0 radical (unpaired) electrons. The van der Waals surface area contributed by atoms with Crippen molar-refractivity contribution in [1.29, 1.82) is 0 Å². The first-order valence-corrected chi connectivity index (χ1v) is 5.01. The van der Waals surface area contributed by atoms with Gasteiger partial charge in [-0.05, 0) is 25.7 Å². The van der Waals surface area contributed by atoms with Gasteiger partial charge in [0.25, 0.3) is 0 Å². The SMILES string of the molecule is CC(C)[C@@H]1CC[C@@H](C(=O)O)[C@@H](C)N1. The third-order valence-electron chi connectivity index (χ3n) is 2.99. The highest BCUT2D eigenvalue weighted by molar-refractivity contribution is 5.71. The fourth-order valence-electron chi connectivity index (χ4n) is 2.01. The van der Waals surface area contributed by atoms with E-state index in [4.69, 9.17) is 5.11 Å². The average molecular weight is 185 g/mol. The molecular weight excluding hydrogens is 166 g/mol. The standard InChI is InChI=1S/C10H19NO2/c1-6(2)9-5-4-8(10(12)13)7(3)11-9/h6-9,11H,4-5H2,1-3H3,(H,12,13)/t7-,8-,9+/m1/s1. The van der Waals surface area contributed by atoms with Crippen molar-refractivity contribution in [2.24, 2.45) is 11.8 Å². The second kappa shape index (κ2) is 4.09.